The van der Waals surface area contributed by atoms with Crippen molar-refractivity contribution in [3.63, 3.8) is 0 Å². The molecule has 1 aromatic carbocycles. The van der Waals surface area contributed by atoms with Gasteiger partial charge in [0.05, 0.1) is 22.6 Å². The van der Waals surface area contributed by atoms with Crippen molar-refractivity contribution in [2.45, 2.75) is 31.5 Å². The number of nitrogens with zero attached hydrogens (tertiary/aromatic N) is 1. The third-order valence-electron chi connectivity index (χ3n) is 4.29. The number of carbonyl (C=O) groups excluding carboxylic acids is 1. The van der Waals surface area contributed by atoms with E-state index in [4.69, 9.17) is 21.7 Å². The van der Waals surface area contributed by atoms with Crippen molar-refractivity contribution in [2.24, 2.45) is 7.05 Å². The predicted octanol–water partition coefficient (Wildman–Crippen LogP) is 2.32. The van der Waals surface area contributed by atoms with Gasteiger partial charge in [0, 0.05) is 14.2 Å². The van der Waals surface area contributed by atoms with Crippen LogP contribution in [0.4, 0.5) is 0 Å². The summed E-state index contributed by atoms with van der Waals surface area (Å²) in [4.78, 5) is 27.4. The van der Waals surface area contributed by atoms with Crippen LogP contribution in [0.1, 0.15) is 29.6 Å². The van der Waals surface area contributed by atoms with Crippen LogP contribution in [0.25, 0.3) is 10.9 Å². The van der Waals surface area contributed by atoms with Crippen LogP contribution in [-0.2, 0) is 16.5 Å². The summed E-state index contributed by atoms with van der Waals surface area (Å²) in [6.07, 6.45) is 2.43. The topological polar surface area (TPSA) is 73.3 Å². The molecule has 1 aliphatic carbocycles. The molecule has 0 spiro atoms. The van der Waals surface area contributed by atoms with Gasteiger partial charge in [0.25, 0.3) is 5.56 Å². The first kappa shape index (κ1) is 15.9. The molecule has 0 bridgehead atoms. The number of hydrogen-bond acceptors (Lipinski definition) is 5. The van der Waals surface area contributed by atoms with Crippen molar-refractivity contribution in [1.82, 2.24) is 9.55 Å². The summed E-state index contributed by atoms with van der Waals surface area (Å²) < 4.78 is 12.5. The molecular weight excluding hydrogens is 316 g/mol. The molecule has 1 aliphatic rings. The lowest BCUT2D eigenvalue weighted by atomic mass is 10.1. The summed E-state index contributed by atoms with van der Waals surface area (Å²) >= 11 is 5.10. The summed E-state index contributed by atoms with van der Waals surface area (Å²) in [5.41, 5.74) is 0.722. The number of H-pyrrole nitrogens is 1. The van der Waals surface area contributed by atoms with Gasteiger partial charge in [0.1, 0.15) is 6.10 Å². The molecule has 1 N–H and O–H groups in total. The van der Waals surface area contributed by atoms with E-state index in [-0.39, 0.29) is 17.8 Å². The first-order valence-electron chi connectivity index (χ1n) is 7.48. The second kappa shape index (κ2) is 6.25. The van der Waals surface area contributed by atoms with E-state index in [0.29, 0.717) is 21.2 Å². The van der Waals surface area contributed by atoms with Gasteiger partial charge < -0.3 is 14.5 Å². The number of aromatic amines is 1. The normalized spacial score (nSPS) is 20.8. The maximum absolute atomic E-state index is 12.3. The number of rotatable bonds is 3. The average Bonchev–Trinajstić information content (AvgIpc) is 2.99. The Morgan fingerprint density at radius 1 is 1.35 bits per heavy atom. The molecule has 0 radical (unpaired) electrons. The Bertz CT molecular complexity index is 870. The maximum Gasteiger partial charge on any atom is 0.338 e. The fraction of sp³-hybridized carbons (Fsp3) is 0.438. The van der Waals surface area contributed by atoms with E-state index in [1.54, 1.807) is 32.4 Å². The molecule has 0 unspecified atom stereocenters. The minimum Gasteiger partial charge on any atom is -0.456 e. The highest BCUT2D eigenvalue weighted by molar-refractivity contribution is 7.71. The molecule has 2 aromatic rings. The zero-order valence-electron chi connectivity index (χ0n) is 13.0. The molecule has 1 aromatic heterocycles. The fourth-order valence-electron chi connectivity index (χ4n) is 2.94. The lowest BCUT2D eigenvalue weighted by Crippen LogP contribution is -2.27. The smallest absolute Gasteiger partial charge is 0.338 e. The number of esters is 1. The lowest BCUT2D eigenvalue weighted by Gasteiger charge is -2.18. The number of hydrogen-bond donors (Lipinski definition) is 1. The number of nitrogens with one attached hydrogen (secondary N) is 1. The molecule has 122 valence electrons. The average molecular weight is 334 g/mol. The first-order valence-corrected chi connectivity index (χ1v) is 7.89. The third kappa shape index (κ3) is 2.94. The highest BCUT2D eigenvalue weighted by Crippen LogP contribution is 2.25. The third-order valence-corrected chi connectivity index (χ3v) is 4.67. The van der Waals surface area contributed by atoms with E-state index in [1.165, 1.54) is 4.57 Å². The quantitative estimate of drug-likeness (QED) is 0.689. The van der Waals surface area contributed by atoms with Gasteiger partial charge in [0.2, 0.25) is 0 Å². The van der Waals surface area contributed by atoms with Crippen molar-refractivity contribution in [1.29, 1.82) is 0 Å². The summed E-state index contributed by atoms with van der Waals surface area (Å²) in [6.45, 7) is 0. The number of fused-ring (bicyclic) bond motifs is 1. The van der Waals surface area contributed by atoms with Crippen molar-refractivity contribution in [3.8, 4) is 0 Å². The monoisotopic (exact) mass is 334 g/mol. The van der Waals surface area contributed by atoms with E-state index in [1.807, 2.05) is 0 Å². The second-order valence-electron chi connectivity index (χ2n) is 5.70. The molecule has 1 fully saturated rings. The van der Waals surface area contributed by atoms with E-state index < -0.39 is 5.97 Å². The minimum atomic E-state index is -0.416. The van der Waals surface area contributed by atoms with E-state index >= 15 is 0 Å². The molecule has 7 heteroatoms. The molecular formula is C16H18N2O4S. The van der Waals surface area contributed by atoms with Gasteiger partial charge in [-0.3, -0.25) is 9.36 Å². The Morgan fingerprint density at radius 3 is 2.83 bits per heavy atom. The Morgan fingerprint density at radius 2 is 2.09 bits per heavy atom. The van der Waals surface area contributed by atoms with Gasteiger partial charge in [0.15, 0.2) is 4.77 Å². The van der Waals surface area contributed by atoms with Gasteiger partial charge in [-0.15, -0.1) is 0 Å². The fourth-order valence-corrected chi connectivity index (χ4v) is 3.13. The molecule has 0 amide bonds. The van der Waals surface area contributed by atoms with Crippen molar-refractivity contribution >= 4 is 29.1 Å². The van der Waals surface area contributed by atoms with Crippen LogP contribution in [0.2, 0.25) is 0 Å². The highest BCUT2D eigenvalue weighted by atomic mass is 32.1. The van der Waals surface area contributed by atoms with Crippen LogP contribution in [0.5, 0.6) is 0 Å². The molecule has 3 rings (SSSR count). The van der Waals surface area contributed by atoms with Gasteiger partial charge in [-0.2, -0.15) is 0 Å². The number of methoxy groups -OCH3 is 1. The van der Waals surface area contributed by atoms with Crippen LogP contribution in [0, 0.1) is 4.77 Å². The largest absolute Gasteiger partial charge is 0.456 e. The summed E-state index contributed by atoms with van der Waals surface area (Å²) in [5.74, 6) is -0.416. The summed E-state index contributed by atoms with van der Waals surface area (Å²) in [7, 11) is 3.23. The van der Waals surface area contributed by atoms with Gasteiger partial charge >= 0.3 is 5.97 Å². The number of benzene rings is 1. The number of aromatic nitrogens is 2. The van der Waals surface area contributed by atoms with Crippen LogP contribution in [0.3, 0.4) is 0 Å². The Kier molecular flexibility index (Phi) is 4.32. The zero-order chi connectivity index (χ0) is 16.6. The lowest BCUT2D eigenvalue weighted by molar-refractivity contribution is -0.0206. The Labute approximate surface area is 138 Å². The predicted molar refractivity (Wildman–Crippen MR) is 88.2 cm³/mol. The maximum atomic E-state index is 12.3. The van der Waals surface area contributed by atoms with Crippen LogP contribution < -0.4 is 5.56 Å². The molecule has 0 aliphatic heterocycles. The van der Waals surface area contributed by atoms with Crippen molar-refractivity contribution < 1.29 is 14.3 Å². The van der Waals surface area contributed by atoms with E-state index in [9.17, 15) is 9.59 Å². The molecule has 1 heterocycles. The van der Waals surface area contributed by atoms with Gasteiger partial charge in [-0.25, -0.2) is 4.79 Å². The summed E-state index contributed by atoms with van der Waals surface area (Å²) in [5, 5.41) is 0.480. The Balaban J connectivity index is 1.91. The van der Waals surface area contributed by atoms with Crippen LogP contribution in [-0.4, -0.2) is 34.8 Å². The zero-order valence-corrected chi connectivity index (χ0v) is 13.8. The van der Waals surface area contributed by atoms with Crippen molar-refractivity contribution in [2.75, 3.05) is 7.11 Å². The first-order chi connectivity index (χ1) is 11.0. The minimum absolute atomic E-state index is 0.0440. The summed E-state index contributed by atoms with van der Waals surface area (Å²) in [6, 6.07) is 4.81. The highest BCUT2D eigenvalue weighted by Gasteiger charge is 2.30. The second-order valence-corrected chi connectivity index (χ2v) is 6.09. The number of ether oxygens (including phenoxy) is 2. The number of carbonyl (C=O) groups is 1. The SMILES string of the molecule is CO[C@@H]1CCC[C@@H]1OC(=O)c1ccc2c(=O)n(C)c(=S)[nH]c2c1. The van der Waals surface area contributed by atoms with Crippen molar-refractivity contribution in [3.05, 3.63) is 38.9 Å². The van der Waals surface area contributed by atoms with Gasteiger partial charge in [-0.05, 0) is 49.7 Å². The van der Waals surface area contributed by atoms with Gasteiger partial charge in [-0.1, -0.05) is 0 Å². The van der Waals surface area contributed by atoms with Crippen LogP contribution in [0.15, 0.2) is 23.0 Å². The van der Waals surface area contributed by atoms with E-state index in [0.717, 1.165) is 19.3 Å². The molecule has 1 saturated carbocycles. The molecule has 2 atom stereocenters. The molecule has 23 heavy (non-hydrogen) atoms. The molecule has 6 nitrogen and oxygen atoms in total. The van der Waals surface area contributed by atoms with E-state index in [2.05, 4.69) is 4.98 Å². The molecule has 0 saturated heterocycles. The van der Waals surface area contributed by atoms with Crippen LogP contribution >= 0.6 is 12.2 Å². The standard InChI is InChI=1S/C16H18N2O4S/c1-18-14(19)10-7-6-9(8-11(10)17-16(18)23)15(20)22-13-5-3-4-12(13)21-2/h6-8,12-13H,3-5H2,1-2H3,(H,17,23)/t12-,13+/m1/s1. The Hall–Kier alpha value is -1.99.